The highest BCUT2D eigenvalue weighted by molar-refractivity contribution is 7.13. The van der Waals surface area contributed by atoms with Gasteiger partial charge in [0.1, 0.15) is 5.01 Å². The second-order valence-electron chi connectivity index (χ2n) is 5.81. The van der Waals surface area contributed by atoms with Crippen molar-refractivity contribution >= 4 is 29.2 Å². The fourth-order valence-electron chi connectivity index (χ4n) is 2.41. The molecule has 4 aromatic rings. The summed E-state index contributed by atoms with van der Waals surface area (Å²) in [7, 11) is 0. The highest BCUT2D eigenvalue weighted by Crippen LogP contribution is 2.23. The lowest BCUT2D eigenvalue weighted by Gasteiger charge is -2.02. The Morgan fingerprint density at radius 3 is 2.38 bits per heavy atom. The first kappa shape index (κ1) is 18.5. The molecular formula is C20H14N4O4S. The molecule has 29 heavy (non-hydrogen) atoms. The number of carbonyl (C=O) groups is 2. The number of benzene rings is 2. The van der Waals surface area contributed by atoms with Gasteiger partial charge in [-0.2, -0.15) is 0 Å². The van der Waals surface area contributed by atoms with Crippen LogP contribution in [0.15, 0.2) is 70.5 Å². The summed E-state index contributed by atoms with van der Waals surface area (Å²) in [5.41, 5.74) is 1.77. The minimum atomic E-state index is -0.686. The topological polar surface area (TPSA) is 107 Å². The first-order valence-electron chi connectivity index (χ1n) is 8.56. The second-order valence-corrected chi connectivity index (χ2v) is 6.66. The number of rotatable bonds is 6. The summed E-state index contributed by atoms with van der Waals surface area (Å²) in [5, 5.41) is 12.3. The van der Waals surface area contributed by atoms with Crippen molar-refractivity contribution in [3.8, 4) is 22.0 Å². The van der Waals surface area contributed by atoms with Gasteiger partial charge < -0.3 is 9.15 Å². The summed E-state index contributed by atoms with van der Waals surface area (Å²) < 4.78 is 10.4. The lowest BCUT2D eigenvalue weighted by molar-refractivity contribution is -0.119. The average Bonchev–Trinajstić information content (AvgIpc) is 3.43. The van der Waals surface area contributed by atoms with Crippen LogP contribution in [0.1, 0.15) is 10.5 Å². The van der Waals surface area contributed by atoms with Crippen LogP contribution in [0.5, 0.6) is 0 Å². The van der Waals surface area contributed by atoms with Gasteiger partial charge in [-0.05, 0) is 12.1 Å². The van der Waals surface area contributed by atoms with Crippen molar-refractivity contribution in [1.82, 2.24) is 15.2 Å². The summed E-state index contributed by atoms with van der Waals surface area (Å²) in [6.45, 7) is -0.500. The van der Waals surface area contributed by atoms with E-state index in [1.54, 1.807) is 17.5 Å². The van der Waals surface area contributed by atoms with Crippen LogP contribution in [0.25, 0.3) is 22.0 Å². The Labute approximate surface area is 169 Å². The zero-order valence-corrected chi connectivity index (χ0v) is 15.8. The number of amides is 1. The number of thiazole rings is 1. The lowest BCUT2D eigenvalue weighted by Crippen LogP contribution is -2.21. The van der Waals surface area contributed by atoms with Crippen molar-refractivity contribution in [2.45, 2.75) is 0 Å². The van der Waals surface area contributed by atoms with E-state index in [2.05, 4.69) is 20.5 Å². The van der Waals surface area contributed by atoms with E-state index in [0.717, 1.165) is 11.1 Å². The SMILES string of the molecule is O=C(COC(=O)c1csc(-c2ccccc2)n1)Nc1nnc(-c2ccccc2)o1. The molecule has 0 saturated carbocycles. The van der Waals surface area contributed by atoms with E-state index in [1.807, 2.05) is 48.5 Å². The third-order valence-electron chi connectivity index (χ3n) is 3.76. The van der Waals surface area contributed by atoms with Crippen LogP contribution < -0.4 is 5.32 Å². The maximum Gasteiger partial charge on any atom is 0.358 e. The van der Waals surface area contributed by atoms with Crippen molar-refractivity contribution in [2.75, 3.05) is 11.9 Å². The van der Waals surface area contributed by atoms with E-state index in [0.29, 0.717) is 5.01 Å². The zero-order chi connectivity index (χ0) is 20.1. The molecule has 144 valence electrons. The van der Waals surface area contributed by atoms with Gasteiger partial charge in [-0.1, -0.05) is 53.6 Å². The van der Waals surface area contributed by atoms with Crippen LogP contribution in [0.3, 0.4) is 0 Å². The average molecular weight is 406 g/mol. The smallest absolute Gasteiger partial charge is 0.358 e. The maximum absolute atomic E-state index is 12.1. The Morgan fingerprint density at radius 1 is 0.966 bits per heavy atom. The molecule has 1 N–H and O–H groups in total. The molecule has 0 aliphatic heterocycles. The molecule has 8 nitrogen and oxygen atoms in total. The van der Waals surface area contributed by atoms with Crippen molar-refractivity contribution in [2.24, 2.45) is 0 Å². The van der Waals surface area contributed by atoms with Gasteiger partial charge in [0, 0.05) is 16.5 Å². The number of hydrogen-bond donors (Lipinski definition) is 1. The molecule has 0 fully saturated rings. The minimum absolute atomic E-state index is 0.0788. The maximum atomic E-state index is 12.1. The Balaban J connectivity index is 1.31. The van der Waals surface area contributed by atoms with E-state index in [1.165, 1.54) is 11.3 Å². The van der Waals surface area contributed by atoms with E-state index < -0.39 is 18.5 Å². The molecule has 4 rings (SSSR count). The van der Waals surface area contributed by atoms with Crippen molar-refractivity contribution < 1.29 is 18.7 Å². The summed E-state index contributed by atoms with van der Waals surface area (Å²) in [6.07, 6.45) is 0. The van der Waals surface area contributed by atoms with E-state index in [9.17, 15) is 9.59 Å². The number of ether oxygens (including phenoxy) is 1. The highest BCUT2D eigenvalue weighted by atomic mass is 32.1. The third kappa shape index (κ3) is 4.53. The van der Waals surface area contributed by atoms with E-state index >= 15 is 0 Å². The van der Waals surface area contributed by atoms with Gasteiger partial charge in [0.2, 0.25) is 5.89 Å². The molecule has 2 aromatic carbocycles. The number of hydrogen-bond acceptors (Lipinski definition) is 8. The number of esters is 1. The number of carbonyl (C=O) groups excluding carboxylic acids is 2. The van der Waals surface area contributed by atoms with Crippen LogP contribution in [0.4, 0.5) is 6.01 Å². The predicted octanol–water partition coefficient (Wildman–Crippen LogP) is 3.66. The predicted molar refractivity (Wildman–Crippen MR) is 106 cm³/mol. The Morgan fingerprint density at radius 2 is 1.66 bits per heavy atom. The molecule has 1 amide bonds. The molecule has 0 spiro atoms. The Kier molecular flexibility index (Phi) is 5.39. The third-order valence-corrected chi connectivity index (χ3v) is 4.65. The standard InChI is InChI=1S/C20H14N4O4S/c25-16(22-20-24-23-17(28-20)13-7-3-1-4-8-13)11-27-19(26)15-12-29-18(21-15)14-9-5-2-6-10-14/h1-10,12H,11H2,(H,22,24,25). The van der Waals surface area contributed by atoms with E-state index in [-0.39, 0.29) is 17.6 Å². The largest absolute Gasteiger partial charge is 0.451 e. The highest BCUT2D eigenvalue weighted by Gasteiger charge is 2.16. The number of nitrogens with one attached hydrogen (secondary N) is 1. The van der Waals surface area contributed by atoms with Crippen LogP contribution >= 0.6 is 11.3 Å². The zero-order valence-electron chi connectivity index (χ0n) is 14.9. The van der Waals surface area contributed by atoms with Crippen molar-refractivity contribution in [3.63, 3.8) is 0 Å². The van der Waals surface area contributed by atoms with Crippen molar-refractivity contribution in [1.29, 1.82) is 0 Å². The normalized spacial score (nSPS) is 10.5. The quantitative estimate of drug-likeness (QED) is 0.487. The molecule has 0 bridgehead atoms. The fraction of sp³-hybridized carbons (Fsp3) is 0.0500. The van der Waals surface area contributed by atoms with Gasteiger partial charge in [0.25, 0.3) is 5.91 Å². The molecule has 0 saturated heterocycles. The molecule has 0 unspecified atom stereocenters. The lowest BCUT2D eigenvalue weighted by atomic mass is 10.2. The molecule has 2 aromatic heterocycles. The molecule has 0 radical (unpaired) electrons. The number of nitrogens with zero attached hydrogens (tertiary/aromatic N) is 3. The molecule has 9 heteroatoms. The van der Waals surface area contributed by atoms with Gasteiger partial charge in [-0.25, -0.2) is 9.78 Å². The van der Waals surface area contributed by atoms with Crippen LogP contribution in [-0.2, 0) is 9.53 Å². The number of anilines is 1. The minimum Gasteiger partial charge on any atom is -0.451 e. The Hall–Kier alpha value is -3.85. The summed E-state index contributed by atoms with van der Waals surface area (Å²) in [5.74, 6) is -1.01. The second kappa shape index (κ2) is 8.44. The molecular weight excluding hydrogens is 392 g/mol. The first-order valence-corrected chi connectivity index (χ1v) is 9.44. The van der Waals surface area contributed by atoms with Crippen molar-refractivity contribution in [3.05, 3.63) is 71.7 Å². The molecule has 2 heterocycles. The van der Waals surface area contributed by atoms with Gasteiger partial charge >= 0.3 is 12.0 Å². The number of aromatic nitrogens is 3. The summed E-state index contributed by atoms with van der Waals surface area (Å²) in [4.78, 5) is 28.4. The van der Waals surface area contributed by atoms with Gasteiger partial charge in [-0.15, -0.1) is 16.4 Å². The monoisotopic (exact) mass is 406 g/mol. The van der Waals surface area contributed by atoms with Gasteiger partial charge in [0.05, 0.1) is 0 Å². The Bertz CT molecular complexity index is 1130. The van der Waals surface area contributed by atoms with Gasteiger partial charge in [0.15, 0.2) is 12.3 Å². The summed E-state index contributed by atoms with van der Waals surface area (Å²) >= 11 is 1.32. The molecule has 0 aliphatic carbocycles. The molecule has 0 atom stereocenters. The summed E-state index contributed by atoms with van der Waals surface area (Å²) in [6, 6.07) is 18.5. The van der Waals surface area contributed by atoms with Crippen LogP contribution in [0, 0.1) is 0 Å². The first-order chi connectivity index (χ1) is 14.2. The molecule has 0 aliphatic rings. The van der Waals surface area contributed by atoms with Gasteiger partial charge in [-0.3, -0.25) is 10.1 Å². The fourth-order valence-corrected chi connectivity index (χ4v) is 3.21. The van der Waals surface area contributed by atoms with Crippen LogP contribution in [0.2, 0.25) is 0 Å². The van der Waals surface area contributed by atoms with E-state index in [4.69, 9.17) is 9.15 Å². The van der Waals surface area contributed by atoms with Crippen LogP contribution in [-0.4, -0.2) is 33.7 Å².